The lowest BCUT2D eigenvalue weighted by molar-refractivity contribution is 0.191. The van der Waals surface area contributed by atoms with Gasteiger partial charge in [0, 0.05) is 6.04 Å². The molecule has 0 amide bonds. The minimum Gasteiger partial charge on any atom is -0.453 e. The van der Waals surface area contributed by atoms with E-state index in [1.165, 1.54) is 25.8 Å². The van der Waals surface area contributed by atoms with Crippen molar-refractivity contribution in [2.24, 2.45) is 11.7 Å². The quantitative estimate of drug-likeness (QED) is 0.928. The third-order valence-electron chi connectivity index (χ3n) is 3.77. The van der Waals surface area contributed by atoms with E-state index in [1.807, 2.05) is 6.07 Å². The Hall–Kier alpha value is -0.320. The Kier molecular flexibility index (Phi) is 2.81. The Morgan fingerprint density at radius 3 is 2.75 bits per heavy atom. The Morgan fingerprint density at radius 2 is 2.19 bits per heavy atom. The van der Waals surface area contributed by atoms with Crippen LogP contribution in [0.25, 0.3) is 0 Å². The van der Waals surface area contributed by atoms with Crippen LogP contribution in [0, 0.1) is 5.92 Å². The SMILES string of the molecule is NCC1CCN(C2CC2)C1c1ccc(Br)o1. The molecule has 2 unspecified atom stereocenters. The molecule has 2 heterocycles. The predicted octanol–water partition coefficient (Wildman–Crippen LogP) is 2.53. The molecular weight excluding hydrogens is 268 g/mol. The molecule has 1 saturated carbocycles. The molecule has 0 bridgehead atoms. The van der Waals surface area contributed by atoms with Gasteiger partial charge in [-0.15, -0.1) is 0 Å². The van der Waals surface area contributed by atoms with Gasteiger partial charge < -0.3 is 10.2 Å². The van der Waals surface area contributed by atoms with E-state index in [0.29, 0.717) is 12.0 Å². The maximum atomic E-state index is 5.87. The van der Waals surface area contributed by atoms with Gasteiger partial charge in [0.1, 0.15) is 5.76 Å². The lowest BCUT2D eigenvalue weighted by Gasteiger charge is -2.25. The molecule has 0 aromatic carbocycles. The average Bonchev–Trinajstić information content (AvgIpc) is 2.89. The molecule has 2 atom stereocenters. The molecule has 2 fully saturated rings. The summed E-state index contributed by atoms with van der Waals surface area (Å²) in [4.78, 5) is 2.59. The Bertz CT molecular complexity index is 375. The number of furan rings is 1. The van der Waals surface area contributed by atoms with Crippen molar-refractivity contribution >= 4 is 15.9 Å². The largest absolute Gasteiger partial charge is 0.453 e. The standard InChI is InChI=1S/C12H17BrN2O/c13-11-4-3-10(16-11)12-8(7-14)5-6-15(12)9-1-2-9/h3-4,8-9,12H,1-2,5-7,14H2. The maximum Gasteiger partial charge on any atom is 0.169 e. The van der Waals surface area contributed by atoms with E-state index in [4.69, 9.17) is 10.2 Å². The van der Waals surface area contributed by atoms with E-state index in [0.717, 1.165) is 23.0 Å². The van der Waals surface area contributed by atoms with Crippen LogP contribution in [0.15, 0.2) is 21.2 Å². The van der Waals surface area contributed by atoms with Crippen molar-refractivity contribution in [2.45, 2.75) is 31.3 Å². The van der Waals surface area contributed by atoms with E-state index in [9.17, 15) is 0 Å². The number of nitrogens with zero attached hydrogens (tertiary/aromatic N) is 1. The molecular formula is C12H17BrN2O. The third-order valence-corrected chi connectivity index (χ3v) is 4.19. The van der Waals surface area contributed by atoms with Gasteiger partial charge in [-0.2, -0.15) is 0 Å². The van der Waals surface area contributed by atoms with Gasteiger partial charge in [-0.25, -0.2) is 0 Å². The minimum absolute atomic E-state index is 0.406. The first-order valence-electron chi connectivity index (χ1n) is 6.00. The van der Waals surface area contributed by atoms with Crippen LogP contribution in [0.2, 0.25) is 0 Å². The first kappa shape index (κ1) is 10.8. The lowest BCUT2D eigenvalue weighted by atomic mass is 9.98. The molecule has 1 aliphatic heterocycles. The smallest absolute Gasteiger partial charge is 0.169 e. The summed E-state index contributed by atoms with van der Waals surface area (Å²) in [6.07, 6.45) is 3.89. The summed E-state index contributed by atoms with van der Waals surface area (Å²) in [5, 5.41) is 0. The maximum absolute atomic E-state index is 5.87. The average molecular weight is 285 g/mol. The summed E-state index contributed by atoms with van der Waals surface area (Å²) >= 11 is 3.38. The number of hydrogen-bond donors (Lipinski definition) is 1. The van der Waals surface area contributed by atoms with Gasteiger partial charge in [0.05, 0.1) is 6.04 Å². The summed E-state index contributed by atoms with van der Waals surface area (Å²) in [6, 6.07) is 5.25. The summed E-state index contributed by atoms with van der Waals surface area (Å²) in [5.41, 5.74) is 5.87. The number of halogens is 1. The molecule has 4 heteroatoms. The van der Waals surface area contributed by atoms with Crippen molar-refractivity contribution in [1.29, 1.82) is 0 Å². The van der Waals surface area contributed by atoms with Crippen LogP contribution in [-0.4, -0.2) is 24.0 Å². The molecule has 88 valence electrons. The van der Waals surface area contributed by atoms with E-state index in [2.05, 4.69) is 26.9 Å². The first-order chi connectivity index (χ1) is 7.79. The normalized spacial score (nSPS) is 31.1. The molecule has 1 saturated heterocycles. The fourth-order valence-corrected chi connectivity index (χ4v) is 3.15. The van der Waals surface area contributed by atoms with Crippen molar-refractivity contribution in [3.8, 4) is 0 Å². The number of nitrogens with two attached hydrogens (primary N) is 1. The second-order valence-electron chi connectivity index (χ2n) is 4.84. The zero-order chi connectivity index (χ0) is 11.1. The Balaban J connectivity index is 1.87. The zero-order valence-corrected chi connectivity index (χ0v) is 10.8. The Labute approximate surface area is 104 Å². The second-order valence-corrected chi connectivity index (χ2v) is 5.62. The van der Waals surface area contributed by atoms with Crippen LogP contribution in [0.1, 0.15) is 31.1 Å². The fraction of sp³-hybridized carbons (Fsp3) is 0.667. The Morgan fingerprint density at radius 1 is 1.38 bits per heavy atom. The topological polar surface area (TPSA) is 42.4 Å². The van der Waals surface area contributed by atoms with Gasteiger partial charge in [0.15, 0.2) is 4.67 Å². The van der Waals surface area contributed by atoms with E-state index < -0.39 is 0 Å². The first-order valence-corrected chi connectivity index (χ1v) is 6.80. The van der Waals surface area contributed by atoms with Crippen LogP contribution in [0.3, 0.4) is 0 Å². The van der Waals surface area contributed by atoms with Gasteiger partial charge in [-0.05, 0) is 66.3 Å². The van der Waals surface area contributed by atoms with Gasteiger partial charge in [-0.3, -0.25) is 4.90 Å². The molecule has 1 aromatic rings. The van der Waals surface area contributed by atoms with E-state index in [-0.39, 0.29) is 0 Å². The van der Waals surface area contributed by atoms with Crippen molar-refractivity contribution in [3.05, 3.63) is 22.6 Å². The molecule has 1 aliphatic carbocycles. The molecule has 16 heavy (non-hydrogen) atoms. The van der Waals surface area contributed by atoms with E-state index in [1.54, 1.807) is 0 Å². The molecule has 2 aliphatic rings. The molecule has 2 N–H and O–H groups in total. The fourth-order valence-electron chi connectivity index (χ4n) is 2.83. The van der Waals surface area contributed by atoms with Gasteiger partial charge >= 0.3 is 0 Å². The van der Waals surface area contributed by atoms with Crippen molar-refractivity contribution < 1.29 is 4.42 Å². The minimum atomic E-state index is 0.406. The van der Waals surface area contributed by atoms with Crippen LogP contribution in [-0.2, 0) is 0 Å². The van der Waals surface area contributed by atoms with Crippen LogP contribution < -0.4 is 5.73 Å². The summed E-state index contributed by atoms with van der Waals surface area (Å²) in [5.74, 6) is 1.63. The third kappa shape index (κ3) is 1.83. The monoisotopic (exact) mass is 284 g/mol. The molecule has 0 radical (unpaired) electrons. The lowest BCUT2D eigenvalue weighted by Crippen LogP contribution is -2.29. The van der Waals surface area contributed by atoms with Crippen LogP contribution >= 0.6 is 15.9 Å². The summed E-state index contributed by atoms with van der Waals surface area (Å²) < 4.78 is 6.55. The molecule has 0 spiro atoms. The highest BCUT2D eigenvalue weighted by Gasteiger charge is 2.43. The van der Waals surface area contributed by atoms with Gasteiger partial charge in [0.25, 0.3) is 0 Å². The van der Waals surface area contributed by atoms with Crippen molar-refractivity contribution in [2.75, 3.05) is 13.1 Å². The molecule has 3 nitrogen and oxygen atoms in total. The second kappa shape index (κ2) is 4.17. The zero-order valence-electron chi connectivity index (χ0n) is 9.23. The van der Waals surface area contributed by atoms with Gasteiger partial charge in [-0.1, -0.05) is 0 Å². The van der Waals surface area contributed by atoms with E-state index >= 15 is 0 Å². The van der Waals surface area contributed by atoms with Crippen LogP contribution in [0.4, 0.5) is 0 Å². The molecule has 1 aromatic heterocycles. The molecule has 3 rings (SSSR count). The van der Waals surface area contributed by atoms with Crippen molar-refractivity contribution in [1.82, 2.24) is 4.90 Å². The summed E-state index contributed by atoms with van der Waals surface area (Å²) in [7, 11) is 0. The number of hydrogen-bond acceptors (Lipinski definition) is 3. The highest BCUT2D eigenvalue weighted by molar-refractivity contribution is 9.10. The highest BCUT2D eigenvalue weighted by Crippen LogP contribution is 2.44. The van der Waals surface area contributed by atoms with Crippen molar-refractivity contribution in [3.63, 3.8) is 0 Å². The predicted molar refractivity (Wildman–Crippen MR) is 66.0 cm³/mol. The summed E-state index contributed by atoms with van der Waals surface area (Å²) in [6.45, 7) is 1.93. The number of likely N-dealkylation sites (tertiary alicyclic amines) is 1. The highest BCUT2D eigenvalue weighted by atomic mass is 79.9. The van der Waals surface area contributed by atoms with Gasteiger partial charge in [0.2, 0.25) is 0 Å². The number of rotatable bonds is 3. The van der Waals surface area contributed by atoms with Crippen LogP contribution in [0.5, 0.6) is 0 Å².